The molecule has 0 amide bonds. The van der Waals surface area contributed by atoms with Crippen LogP contribution in [-0.2, 0) is 4.74 Å². The summed E-state index contributed by atoms with van der Waals surface area (Å²) in [5.74, 6) is 0. The molecule has 9 heavy (non-hydrogen) atoms. The fraction of sp³-hybridized carbons (Fsp3) is 1.00. The van der Waals surface area contributed by atoms with Crippen molar-refractivity contribution in [3.05, 3.63) is 0 Å². The lowest BCUT2D eigenvalue weighted by Crippen LogP contribution is -2.35. The molecule has 1 atom stereocenters. The molecule has 2 nitrogen and oxygen atoms in total. The van der Waals surface area contributed by atoms with Gasteiger partial charge in [0.15, 0.2) is 0 Å². The Bertz CT molecular complexity index is 114. The molecular weight excluding hydrogens is 114 g/mol. The van der Waals surface area contributed by atoms with E-state index in [1.165, 1.54) is 19.4 Å². The molecule has 2 fully saturated rings. The maximum Gasteiger partial charge on any atom is 0.119 e. The minimum absolute atomic E-state index is 0.139. The Hall–Kier alpha value is -0.0800. The van der Waals surface area contributed by atoms with Crippen LogP contribution in [0.3, 0.4) is 0 Å². The highest BCUT2D eigenvalue weighted by atomic mass is 16.5. The molecule has 2 heterocycles. The summed E-state index contributed by atoms with van der Waals surface area (Å²) in [6.07, 6.45) is 2.55. The zero-order valence-electron chi connectivity index (χ0n) is 5.89. The molecule has 0 bridgehead atoms. The highest BCUT2D eigenvalue weighted by Crippen LogP contribution is 2.33. The van der Waals surface area contributed by atoms with Crippen LogP contribution < -0.4 is 0 Å². The Morgan fingerprint density at radius 2 is 2.33 bits per heavy atom. The highest BCUT2D eigenvalue weighted by Gasteiger charge is 2.41. The molecule has 0 radical (unpaired) electrons. The van der Waals surface area contributed by atoms with Crippen LogP contribution in [0.15, 0.2) is 0 Å². The van der Waals surface area contributed by atoms with Crippen molar-refractivity contribution in [3.8, 4) is 0 Å². The maximum atomic E-state index is 5.59. The van der Waals surface area contributed by atoms with Gasteiger partial charge in [-0.25, -0.2) is 0 Å². The van der Waals surface area contributed by atoms with Gasteiger partial charge in [0.2, 0.25) is 0 Å². The van der Waals surface area contributed by atoms with Crippen LogP contribution in [0.5, 0.6) is 0 Å². The van der Waals surface area contributed by atoms with Crippen LogP contribution in [0.2, 0.25) is 0 Å². The lowest BCUT2D eigenvalue weighted by atomic mass is 10.2. The minimum Gasteiger partial charge on any atom is -0.359 e. The van der Waals surface area contributed by atoms with Crippen LogP contribution in [0, 0.1) is 0 Å². The molecule has 0 aromatic rings. The summed E-state index contributed by atoms with van der Waals surface area (Å²) in [6.45, 7) is 5.54. The summed E-state index contributed by atoms with van der Waals surface area (Å²) < 4.78 is 5.59. The van der Waals surface area contributed by atoms with Gasteiger partial charge in [0.05, 0.1) is 6.61 Å². The van der Waals surface area contributed by atoms with Gasteiger partial charge in [-0.15, -0.1) is 0 Å². The van der Waals surface area contributed by atoms with Crippen LogP contribution in [0.25, 0.3) is 0 Å². The number of hydrogen-bond donors (Lipinski definition) is 0. The third-order valence-corrected chi connectivity index (χ3v) is 2.51. The van der Waals surface area contributed by atoms with Crippen molar-refractivity contribution < 1.29 is 4.74 Å². The van der Waals surface area contributed by atoms with Crippen molar-refractivity contribution in [2.45, 2.75) is 25.5 Å². The molecule has 52 valence electrons. The number of ether oxygens (including phenoxy) is 1. The molecule has 2 rings (SSSR count). The molecule has 0 aromatic heterocycles. The van der Waals surface area contributed by atoms with E-state index in [0.717, 1.165) is 13.2 Å². The fourth-order valence-electron chi connectivity index (χ4n) is 1.88. The number of rotatable bonds is 0. The van der Waals surface area contributed by atoms with E-state index < -0.39 is 0 Å². The molecule has 0 aliphatic carbocycles. The van der Waals surface area contributed by atoms with Gasteiger partial charge in [0.1, 0.15) is 5.72 Å². The van der Waals surface area contributed by atoms with E-state index in [9.17, 15) is 0 Å². The first-order valence-electron chi connectivity index (χ1n) is 3.70. The van der Waals surface area contributed by atoms with Crippen LogP contribution in [0.1, 0.15) is 19.8 Å². The predicted molar refractivity (Wildman–Crippen MR) is 35.2 cm³/mol. The van der Waals surface area contributed by atoms with Gasteiger partial charge in [-0.3, -0.25) is 4.90 Å². The number of fused-ring (bicyclic) bond motifs is 1. The minimum atomic E-state index is 0.139. The Morgan fingerprint density at radius 1 is 1.44 bits per heavy atom. The average Bonchev–Trinajstić information content (AvgIpc) is 2.22. The largest absolute Gasteiger partial charge is 0.359 e. The van der Waals surface area contributed by atoms with Gasteiger partial charge < -0.3 is 4.74 Å². The van der Waals surface area contributed by atoms with Gasteiger partial charge in [-0.1, -0.05) is 0 Å². The normalized spacial score (nSPS) is 43.7. The van der Waals surface area contributed by atoms with Crippen LogP contribution in [-0.4, -0.2) is 30.3 Å². The zero-order valence-corrected chi connectivity index (χ0v) is 5.89. The maximum absolute atomic E-state index is 5.59. The first-order chi connectivity index (χ1) is 4.31. The predicted octanol–water partition coefficient (Wildman–Crippen LogP) is 0.829. The van der Waals surface area contributed by atoms with Crippen molar-refractivity contribution in [3.63, 3.8) is 0 Å². The van der Waals surface area contributed by atoms with E-state index in [1.807, 2.05) is 0 Å². The standard InChI is InChI=1S/C7H13NO/c1-7-3-2-4-8(7)5-6-9-7/h2-6H2,1H3. The molecule has 2 aliphatic rings. The summed E-state index contributed by atoms with van der Waals surface area (Å²) in [5.41, 5.74) is 0.139. The number of nitrogens with zero attached hydrogens (tertiary/aromatic N) is 1. The zero-order chi connectivity index (χ0) is 6.32. The van der Waals surface area contributed by atoms with E-state index in [4.69, 9.17) is 4.74 Å². The molecule has 0 spiro atoms. The third kappa shape index (κ3) is 0.700. The van der Waals surface area contributed by atoms with Gasteiger partial charge in [-0.05, 0) is 19.8 Å². The topological polar surface area (TPSA) is 12.5 Å². The highest BCUT2D eigenvalue weighted by molar-refractivity contribution is 4.87. The smallest absolute Gasteiger partial charge is 0.119 e. The van der Waals surface area contributed by atoms with E-state index in [2.05, 4.69) is 11.8 Å². The second-order valence-corrected chi connectivity index (χ2v) is 3.11. The first kappa shape index (κ1) is 5.69. The Labute approximate surface area is 55.8 Å². The van der Waals surface area contributed by atoms with Crippen LogP contribution in [0.4, 0.5) is 0 Å². The lowest BCUT2D eigenvalue weighted by molar-refractivity contribution is -0.0414. The van der Waals surface area contributed by atoms with E-state index in [-0.39, 0.29) is 5.72 Å². The molecule has 2 saturated heterocycles. The summed E-state index contributed by atoms with van der Waals surface area (Å²) in [4.78, 5) is 2.44. The Kier molecular flexibility index (Phi) is 1.08. The van der Waals surface area contributed by atoms with Gasteiger partial charge in [-0.2, -0.15) is 0 Å². The second-order valence-electron chi connectivity index (χ2n) is 3.11. The van der Waals surface area contributed by atoms with Crippen molar-refractivity contribution in [1.82, 2.24) is 4.90 Å². The van der Waals surface area contributed by atoms with Crippen molar-refractivity contribution >= 4 is 0 Å². The Morgan fingerprint density at radius 3 is 3.11 bits per heavy atom. The van der Waals surface area contributed by atoms with Gasteiger partial charge >= 0.3 is 0 Å². The van der Waals surface area contributed by atoms with E-state index in [1.54, 1.807) is 0 Å². The number of hydrogen-bond acceptors (Lipinski definition) is 2. The quantitative estimate of drug-likeness (QED) is 0.478. The van der Waals surface area contributed by atoms with E-state index >= 15 is 0 Å². The van der Waals surface area contributed by atoms with Crippen molar-refractivity contribution in [1.29, 1.82) is 0 Å². The van der Waals surface area contributed by atoms with Gasteiger partial charge in [0, 0.05) is 13.1 Å². The summed E-state index contributed by atoms with van der Waals surface area (Å²) >= 11 is 0. The molecule has 0 aromatic carbocycles. The fourth-order valence-corrected chi connectivity index (χ4v) is 1.88. The SMILES string of the molecule is CC12CCCN1CCO2. The summed E-state index contributed by atoms with van der Waals surface area (Å²) in [5, 5.41) is 0. The molecule has 0 saturated carbocycles. The van der Waals surface area contributed by atoms with Crippen molar-refractivity contribution in [2.24, 2.45) is 0 Å². The average molecular weight is 127 g/mol. The molecule has 1 unspecified atom stereocenters. The Balaban J connectivity index is 2.17. The molecule has 2 heteroatoms. The first-order valence-corrected chi connectivity index (χ1v) is 3.70. The molecular formula is C7H13NO. The monoisotopic (exact) mass is 127 g/mol. The molecule has 0 N–H and O–H groups in total. The van der Waals surface area contributed by atoms with Crippen molar-refractivity contribution in [2.75, 3.05) is 19.7 Å². The van der Waals surface area contributed by atoms with Crippen LogP contribution >= 0.6 is 0 Å². The third-order valence-electron chi connectivity index (χ3n) is 2.51. The molecule has 2 aliphatic heterocycles. The van der Waals surface area contributed by atoms with E-state index in [0.29, 0.717) is 0 Å². The lowest BCUT2D eigenvalue weighted by Gasteiger charge is -2.24. The van der Waals surface area contributed by atoms with Gasteiger partial charge in [0.25, 0.3) is 0 Å². The second kappa shape index (κ2) is 1.70. The summed E-state index contributed by atoms with van der Waals surface area (Å²) in [6, 6.07) is 0. The summed E-state index contributed by atoms with van der Waals surface area (Å²) in [7, 11) is 0.